The maximum Gasteiger partial charge on any atom is 0.119 e. The van der Waals surface area contributed by atoms with Crippen LogP contribution in [0.1, 0.15) is 11.7 Å². The number of nitrogens with one attached hydrogen (secondary N) is 1. The van der Waals surface area contributed by atoms with Crippen molar-refractivity contribution in [2.24, 2.45) is 0 Å². The Morgan fingerprint density at radius 2 is 2.21 bits per heavy atom. The number of methoxy groups -OCH3 is 1. The van der Waals surface area contributed by atoms with Crippen molar-refractivity contribution in [3.63, 3.8) is 0 Å². The molecule has 2 aromatic rings. The molecule has 0 radical (unpaired) electrons. The zero-order valence-electron chi connectivity index (χ0n) is 10.5. The largest absolute Gasteiger partial charge is 0.497 e. The lowest BCUT2D eigenvalue weighted by atomic mass is 10.1. The number of pyridine rings is 1. The predicted molar refractivity (Wildman–Crippen MR) is 78.4 cm³/mol. The van der Waals surface area contributed by atoms with Gasteiger partial charge in [0.15, 0.2) is 0 Å². The molecule has 5 heteroatoms. The molecule has 100 valence electrons. The number of ether oxygens (including phenoxy) is 1. The molecule has 0 saturated heterocycles. The van der Waals surface area contributed by atoms with E-state index in [0.717, 1.165) is 21.5 Å². The molecule has 0 bridgehead atoms. The summed E-state index contributed by atoms with van der Waals surface area (Å²) in [5.74, 6) is 0.737. The second-order valence-electron chi connectivity index (χ2n) is 4.07. The van der Waals surface area contributed by atoms with Gasteiger partial charge in [-0.05, 0) is 39.7 Å². The lowest BCUT2D eigenvalue weighted by Gasteiger charge is -2.14. The standard InChI is InChI=1S/C14H15BrN2O2/c1-19-13-4-2-3-10(5-13)14(18)9-17-12-6-11(15)7-16-8-12/h2-8,14,17-18H,9H2,1H3. The molecular formula is C14H15BrN2O2. The molecular weight excluding hydrogens is 308 g/mol. The number of halogens is 1. The van der Waals surface area contributed by atoms with Crippen LogP contribution < -0.4 is 10.1 Å². The molecule has 1 atom stereocenters. The topological polar surface area (TPSA) is 54.4 Å². The van der Waals surface area contributed by atoms with Crippen molar-refractivity contribution in [1.29, 1.82) is 0 Å². The van der Waals surface area contributed by atoms with Crippen molar-refractivity contribution >= 4 is 21.6 Å². The number of nitrogens with zero attached hydrogens (tertiary/aromatic N) is 1. The summed E-state index contributed by atoms with van der Waals surface area (Å²) in [5.41, 5.74) is 1.67. The Bertz CT molecular complexity index is 548. The average molecular weight is 323 g/mol. The van der Waals surface area contributed by atoms with Gasteiger partial charge in [-0.15, -0.1) is 0 Å². The molecule has 2 N–H and O–H groups in total. The van der Waals surface area contributed by atoms with E-state index < -0.39 is 6.10 Å². The Morgan fingerprint density at radius 1 is 1.37 bits per heavy atom. The highest BCUT2D eigenvalue weighted by Crippen LogP contribution is 2.20. The van der Waals surface area contributed by atoms with Crippen molar-refractivity contribution in [2.75, 3.05) is 19.0 Å². The molecule has 0 aliphatic rings. The molecule has 2 rings (SSSR count). The van der Waals surface area contributed by atoms with E-state index in [9.17, 15) is 5.11 Å². The van der Waals surface area contributed by atoms with Gasteiger partial charge in [-0.25, -0.2) is 0 Å². The van der Waals surface area contributed by atoms with Gasteiger partial charge in [-0.2, -0.15) is 0 Å². The predicted octanol–water partition coefficient (Wildman–Crippen LogP) is 3.00. The molecule has 0 aliphatic carbocycles. The van der Waals surface area contributed by atoms with Crippen LogP contribution in [0.3, 0.4) is 0 Å². The van der Waals surface area contributed by atoms with Gasteiger partial charge in [0.25, 0.3) is 0 Å². The van der Waals surface area contributed by atoms with E-state index in [0.29, 0.717) is 6.54 Å². The van der Waals surface area contributed by atoms with Crippen molar-refractivity contribution in [1.82, 2.24) is 4.98 Å². The average Bonchev–Trinajstić information content (AvgIpc) is 2.45. The molecule has 1 aromatic heterocycles. The Balaban J connectivity index is 1.99. The molecule has 19 heavy (non-hydrogen) atoms. The number of hydrogen-bond donors (Lipinski definition) is 2. The van der Waals surface area contributed by atoms with Gasteiger partial charge in [0.2, 0.25) is 0 Å². The van der Waals surface area contributed by atoms with Crippen LogP contribution in [0.15, 0.2) is 47.2 Å². The van der Waals surface area contributed by atoms with Crippen LogP contribution >= 0.6 is 15.9 Å². The molecule has 0 fully saturated rings. The number of aromatic nitrogens is 1. The van der Waals surface area contributed by atoms with Crippen LogP contribution in [0.2, 0.25) is 0 Å². The summed E-state index contributed by atoms with van der Waals surface area (Å²) in [6.45, 7) is 0.408. The summed E-state index contributed by atoms with van der Waals surface area (Å²) in [7, 11) is 1.61. The highest BCUT2D eigenvalue weighted by Gasteiger charge is 2.08. The van der Waals surface area contributed by atoms with Crippen LogP contribution in [0, 0.1) is 0 Å². The number of hydrogen-bond acceptors (Lipinski definition) is 4. The molecule has 0 spiro atoms. The van der Waals surface area contributed by atoms with Crippen LogP contribution in [0.5, 0.6) is 5.75 Å². The highest BCUT2D eigenvalue weighted by atomic mass is 79.9. The van der Waals surface area contributed by atoms with Gasteiger partial charge in [0.1, 0.15) is 5.75 Å². The van der Waals surface area contributed by atoms with Gasteiger partial charge in [-0.3, -0.25) is 4.98 Å². The van der Waals surface area contributed by atoms with Gasteiger partial charge >= 0.3 is 0 Å². The summed E-state index contributed by atoms with van der Waals surface area (Å²) in [6.07, 6.45) is 2.82. The summed E-state index contributed by atoms with van der Waals surface area (Å²) in [5, 5.41) is 13.3. The lowest BCUT2D eigenvalue weighted by Crippen LogP contribution is -2.12. The van der Waals surface area contributed by atoms with Crippen molar-refractivity contribution < 1.29 is 9.84 Å². The molecule has 4 nitrogen and oxygen atoms in total. The minimum atomic E-state index is -0.603. The van der Waals surface area contributed by atoms with E-state index in [2.05, 4.69) is 26.2 Å². The third-order valence-corrected chi connectivity index (χ3v) is 3.12. The van der Waals surface area contributed by atoms with Crippen molar-refractivity contribution in [3.8, 4) is 5.75 Å². The number of aliphatic hydroxyl groups excluding tert-OH is 1. The first-order valence-electron chi connectivity index (χ1n) is 5.85. The first-order chi connectivity index (χ1) is 9.19. The van der Waals surface area contributed by atoms with Crippen molar-refractivity contribution in [3.05, 3.63) is 52.8 Å². The quantitative estimate of drug-likeness (QED) is 0.888. The van der Waals surface area contributed by atoms with E-state index in [4.69, 9.17) is 4.74 Å². The first kappa shape index (κ1) is 13.8. The summed E-state index contributed by atoms with van der Waals surface area (Å²) in [4.78, 5) is 4.05. The second kappa shape index (κ2) is 6.54. The molecule has 0 saturated carbocycles. The van der Waals surface area contributed by atoms with Gasteiger partial charge < -0.3 is 15.2 Å². The zero-order chi connectivity index (χ0) is 13.7. The van der Waals surface area contributed by atoms with Crippen LogP contribution in [-0.4, -0.2) is 23.7 Å². The van der Waals surface area contributed by atoms with E-state index in [1.54, 1.807) is 19.5 Å². The normalized spacial score (nSPS) is 11.9. The van der Waals surface area contributed by atoms with E-state index in [1.165, 1.54) is 0 Å². The van der Waals surface area contributed by atoms with E-state index >= 15 is 0 Å². The highest BCUT2D eigenvalue weighted by molar-refractivity contribution is 9.10. The van der Waals surface area contributed by atoms with Gasteiger partial charge in [0, 0.05) is 17.2 Å². The van der Waals surface area contributed by atoms with Crippen LogP contribution in [0.25, 0.3) is 0 Å². The van der Waals surface area contributed by atoms with E-state index in [-0.39, 0.29) is 0 Å². The van der Waals surface area contributed by atoms with Crippen LogP contribution in [0.4, 0.5) is 5.69 Å². The fourth-order valence-corrected chi connectivity index (χ4v) is 2.05. The third-order valence-electron chi connectivity index (χ3n) is 2.68. The number of benzene rings is 1. The third kappa shape index (κ3) is 3.94. The zero-order valence-corrected chi connectivity index (χ0v) is 12.1. The first-order valence-corrected chi connectivity index (χ1v) is 6.65. The van der Waals surface area contributed by atoms with Crippen LogP contribution in [-0.2, 0) is 0 Å². The Kier molecular flexibility index (Phi) is 4.76. The van der Waals surface area contributed by atoms with Crippen molar-refractivity contribution in [2.45, 2.75) is 6.10 Å². The molecule has 1 unspecified atom stereocenters. The molecule has 0 amide bonds. The summed E-state index contributed by atoms with van der Waals surface area (Å²) < 4.78 is 6.03. The smallest absolute Gasteiger partial charge is 0.119 e. The van der Waals surface area contributed by atoms with E-state index in [1.807, 2.05) is 30.3 Å². The molecule has 0 aliphatic heterocycles. The minimum Gasteiger partial charge on any atom is -0.497 e. The Hall–Kier alpha value is -1.59. The maximum atomic E-state index is 10.1. The fourth-order valence-electron chi connectivity index (χ4n) is 1.69. The second-order valence-corrected chi connectivity index (χ2v) is 4.98. The number of anilines is 1. The maximum absolute atomic E-state index is 10.1. The Labute approximate surface area is 120 Å². The molecule has 1 heterocycles. The minimum absolute atomic E-state index is 0.408. The SMILES string of the molecule is COc1cccc(C(O)CNc2cncc(Br)c2)c1. The monoisotopic (exact) mass is 322 g/mol. The van der Waals surface area contributed by atoms with Gasteiger partial charge in [0.05, 0.1) is 25.1 Å². The summed E-state index contributed by atoms with van der Waals surface area (Å²) >= 11 is 3.35. The number of aliphatic hydroxyl groups is 1. The lowest BCUT2D eigenvalue weighted by molar-refractivity contribution is 0.191. The number of rotatable bonds is 5. The fraction of sp³-hybridized carbons (Fsp3) is 0.214. The Morgan fingerprint density at radius 3 is 2.95 bits per heavy atom. The summed E-state index contributed by atoms with van der Waals surface area (Å²) in [6, 6.07) is 9.31. The van der Waals surface area contributed by atoms with Gasteiger partial charge in [-0.1, -0.05) is 12.1 Å². The molecule has 1 aromatic carbocycles.